The number of carbonyl (C=O) groups is 1. The van der Waals surface area contributed by atoms with Gasteiger partial charge in [-0.2, -0.15) is 0 Å². The van der Waals surface area contributed by atoms with Crippen LogP contribution >= 0.6 is 23.8 Å². The number of nitrogens with zero attached hydrogens (tertiary/aromatic N) is 1. The van der Waals surface area contributed by atoms with E-state index in [-0.39, 0.29) is 25.1 Å². The minimum Gasteiger partial charge on any atom is -0.394 e. The number of amides is 1. The molecule has 4 N–H and O–H groups in total. The van der Waals surface area contributed by atoms with Crippen molar-refractivity contribution in [1.82, 2.24) is 5.32 Å². The number of benzene rings is 1. The molecule has 1 amide bonds. The van der Waals surface area contributed by atoms with E-state index >= 15 is 0 Å². The number of thiocarbonyl (C=S) groups is 1. The Bertz CT molecular complexity index is 810. The second kappa shape index (κ2) is 10.2. The van der Waals surface area contributed by atoms with E-state index in [1.54, 1.807) is 12.2 Å². The Morgan fingerprint density at radius 1 is 1.31 bits per heavy atom. The van der Waals surface area contributed by atoms with E-state index < -0.39 is 6.10 Å². The van der Waals surface area contributed by atoms with E-state index in [0.29, 0.717) is 28.4 Å². The summed E-state index contributed by atoms with van der Waals surface area (Å²) >= 11 is 11.1. The number of allylic oxidation sites excluding steroid dienone is 3. The number of halogens is 1. The highest BCUT2D eigenvalue weighted by molar-refractivity contribution is 7.81. The molecule has 1 fully saturated rings. The maximum Gasteiger partial charge on any atom is 0.252 e. The highest BCUT2D eigenvalue weighted by Crippen LogP contribution is 2.26. The fourth-order valence-electron chi connectivity index (χ4n) is 3.52. The van der Waals surface area contributed by atoms with Gasteiger partial charge in [0.15, 0.2) is 0 Å². The Balaban J connectivity index is 1.44. The molecular weight excluding hydrogens is 410 g/mol. The molecule has 1 aromatic rings. The molecule has 156 valence electrons. The van der Waals surface area contributed by atoms with Gasteiger partial charge in [-0.3, -0.25) is 4.79 Å². The van der Waals surface area contributed by atoms with Crippen LogP contribution in [0.1, 0.15) is 19.3 Å². The smallest absolute Gasteiger partial charge is 0.252 e. The van der Waals surface area contributed by atoms with Crippen molar-refractivity contribution in [2.24, 2.45) is 0 Å². The lowest BCUT2D eigenvalue weighted by atomic mass is 10.0. The Morgan fingerprint density at radius 3 is 2.79 bits per heavy atom. The van der Waals surface area contributed by atoms with Crippen molar-refractivity contribution in [2.45, 2.75) is 31.4 Å². The van der Waals surface area contributed by atoms with Gasteiger partial charge in [-0.15, -0.1) is 0 Å². The number of hydrogen-bond donors (Lipinski definition) is 4. The molecular formula is C21H26ClN3O3S. The van der Waals surface area contributed by atoms with Gasteiger partial charge in [0.05, 0.1) is 24.3 Å². The van der Waals surface area contributed by atoms with E-state index in [2.05, 4.69) is 15.5 Å². The molecule has 2 atom stereocenters. The third-order valence-corrected chi connectivity index (χ3v) is 5.79. The molecule has 0 spiro atoms. The summed E-state index contributed by atoms with van der Waals surface area (Å²) in [7, 11) is 0. The lowest BCUT2D eigenvalue weighted by Gasteiger charge is -2.25. The molecule has 0 saturated carbocycles. The van der Waals surface area contributed by atoms with Crippen molar-refractivity contribution in [3.8, 4) is 0 Å². The fourth-order valence-corrected chi connectivity index (χ4v) is 3.94. The molecule has 1 saturated heterocycles. The number of rotatable bonds is 8. The van der Waals surface area contributed by atoms with Crippen LogP contribution in [0.2, 0.25) is 0 Å². The molecule has 1 aliphatic carbocycles. The summed E-state index contributed by atoms with van der Waals surface area (Å²) < 4.78 is 0. The molecule has 1 aliphatic heterocycles. The lowest BCUT2D eigenvalue weighted by Crippen LogP contribution is -2.37. The molecule has 2 aliphatic rings. The summed E-state index contributed by atoms with van der Waals surface area (Å²) in [5.74, 6) is -0.325. The first-order chi connectivity index (χ1) is 14.0. The van der Waals surface area contributed by atoms with Gasteiger partial charge in [0.1, 0.15) is 0 Å². The average molecular weight is 436 g/mol. The van der Waals surface area contributed by atoms with Gasteiger partial charge in [-0.25, -0.2) is 0 Å². The van der Waals surface area contributed by atoms with Crippen LogP contribution in [-0.4, -0.2) is 59.4 Å². The Kier molecular flexibility index (Phi) is 7.66. The molecule has 0 bridgehead atoms. The first kappa shape index (κ1) is 21.8. The van der Waals surface area contributed by atoms with Crippen LogP contribution in [0.3, 0.4) is 0 Å². The monoisotopic (exact) mass is 435 g/mol. The van der Waals surface area contributed by atoms with E-state index in [1.807, 2.05) is 24.3 Å². The molecule has 3 rings (SSSR count). The third kappa shape index (κ3) is 5.79. The lowest BCUT2D eigenvalue weighted by molar-refractivity contribution is -0.117. The molecule has 8 heteroatoms. The van der Waals surface area contributed by atoms with Crippen LogP contribution in [-0.2, 0) is 4.79 Å². The van der Waals surface area contributed by atoms with Gasteiger partial charge in [0.2, 0.25) is 0 Å². The number of aliphatic hydroxyl groups excluding tert-OH is 2. The molecule has 6 nitrogen and oxygen atoms in total. The normalized spacial score (nSPS) is 20.2. The van der Waals surface area contributed by atoms with Crippen LogP contribution in [0.5, 0.6) is 0 Å². The van der Waals surface area contributed by atoms with Gasteiger partial charge in [0.25, 0.3) is 5.91 Å². The van der Waals surface area contributed by atoms with Crippen molar-refractivity contribution < 1.29 is 15.0 Å². The average Bonchev–Trinajstić information content (AvgIpc) is 3.21. The fraction of sp³-hybridized carbons (Fsp3) is 0.429. The molecule has 29 heavy (non-hydrogen) atoms. The predicted molar refractivity (Wildman–Crippen MR) is 121 cm³/mol. The van der Waals surface area contributed by atoms with E-state index in [1.165, 1.54) is 0 Å². The van der Waals surface area contributed by atoms with Crippen LogP contribution in [0.4, 0.5) is 11.4 Å². The number of anilines is 2. The number of nitrogens with one attached hydrogen (secondary N) is 2. The maximum atomic E-state index is 12.2. The number of aliphatic hydroxyl groups is 2. The van der Waals surface area contributed by atoms with Crippen LogP contribution < -0.4 is 15.5 Å². The summed E-state index contributed by atoms with van der Waals surface area (Å²) in [5.41, 5.74) is 2.35. The quantitative estimate of drug-likeness (QED) is 0.469. The summed E-state index contributed by atoms with van der Waals surface area (Å²) in [6, 6.07) is 8.12. The summed E-state index contributed by atoms with van der Waals surface area (Å²) in [6.07, 6.45) is 5.14. The van der Waals surface area contributed by atoms with Crippen molar-refractivity contribution in [1.29, 1.82) is 0 Å². The molecule has 0 radical (unpaired) electrons. The Hall–Kier alpha value is -1.93. The van der Waals surface area contributed by atoms with E-state index in [9.17, 15) is 15.0 Å². The summed E-state index contributed by atoms with van der Waals surface area (Å²) in [5, 5.41) is 26.0. The van der Waals surface area contributed by atoms with Crippen molar-refractivity contribution in [2.75, 3.05) is 36.5 Å². The summed E-state index contributed by atoms with van der Waals surface area (Å²) in [4.78, 5) is 15.0. The molecule has 2 unspecified atom stereocenters. The van der Waals surface area contributed by atoms with Gasteiger partial charge in [-0.05, 0) is 43.2 Å². The van der Waals surface area contributed by atoms with E-state index in [0.717, 1.165) is 30.8 Å². The third-order valence-electron chi connectivity index (χ3n) is 5.14. The van der Waals surface area contributed by atoms with Gasteiger partial charge in [-0.1, -0.05) is 29.9 Å². The second-order valence-electron chi connectivity index (χ2n) is 7.24. The van der Waals surface area contributed by atoms with E-state index in [4.69, 9.17) is 23.8 Å². The van der Waals surface area contributed by atoms with Gasteiger partial charge >= 0.3 is 0 Å². The van der Waals surface area contributed by atoms with Gasteiger partial charge < -0.3 is 25.7 Å². The topological polar surface area (TPSA) is 84.8 Å². The zero-order valence-electron chi connectivity index (χ0n) is 16.1. The first-order valence-electron chi connectivity index (χ1n) is 9.76. The number of carbonyl (C=O) groups excluding carboxylic acids is 1. The summed E-state index contributed by atoms with van der Waals surface area (Å²) in [6.45, 7) is 1.53. The highest BCUT2D eigenvalue weighted by atomic mass is 35.5. The van der Waals surface area contributed by atoms with Crippen molar-refractivity contribution >= 4 is 46.0 Å². The molecule has 0 aromatic heterocycles. The van der Waals surface area contributed by atoms with Crippen molar-refractivity contribution in [3.63, 3.8) is 0 Å². The second-order valence-corrected chi connectivity index (χ2v) is 8.17. The largest absolute Gasteiger partial charge is 0.394 e. The van der Waals surface area contributed by atoms with Crippen LogP contribution in [0, 0.1) is 0 Å². The zero-order chi connectivity index (χ0) is 20.8. The Morgan fingerprint density at radius 2 is 2.07 bits per heavy atom. The molecule has 1 aromatic carbocycles. The van der Waals surface area contributed by atoms with Gasteiger partial charge in [0, 0.05) is 47.3 Å². The zero-order valence-corrected chi connectivity index (χ0v) is 17.7. The maximum absolute atomic E-state index is 12.2. The van der Waals surface area contributed by atoms with Crippen molar-refractivity contribution in [3.05, 3.63) is 47.0 Å². The van der Waals surface area contributed by atoms with Crippen LogP contribution in [0.15, 0.2) is 47.0 Å². The Labute approximate surface area is 181 Å². The first-order valence-corrected chi connectivity index (χ1v) is 10.5. The standard InChI is InChI=1S/C21H26ClN3O3S/c22-14-3-8-20(29)19(10-14)21(28)24-12-18(27)11-23-15-4-6-16(7-5-15)25-9-1-2-17(25)13-26/h3-7,10,17-18,23,26-27H,1-2,8-9,11-13H2,(H,24,28). The minimum atomic E-state index is -0.750. The number of hydrogen-bond acceptors (Lipinski definition) is 6. The highest BCUT2D eigenvalue weighted by Gasteiger charge is 2.23. The minimum absolute atomic E-state index is 0.108. The SMILES string of the molecule is O=C(NCC(O)CNc1ccc(N2CCCC2CO)cc1)C1=CC(Cl)=CCC1=S. The van der Waals surface area contributed by atoms with Crippen LogP contribution in [0.25, 0.3) is 0 Å². The molecule has 1 heterocycles. The predicted octanol–water partition coefficient (Wildman–Crippen LogP) is 2.36.